The molecule has 1 heterocycles. The number of H-pyrrole nitrogens is 1. The van der Waals surface area contributed by atoms with Crippen molar-refractivity contribution in [3.8, 4) is 0 Å². The van der Waals surface area contributed by atoms with Gasteiger partial charge in [0.1, 0.15) is 0 Å². The highest BCUT2D eigenvalue weighted by Gasteiger charge is 2.23. The highest BCUT2D eigenvalue weighted by molar-refractivity contribution is 8.00. The lowest BCUT2D eigenvalue weighted by molar-refractivity contribution is 0.0525. The third kappa shape index (κ3) is 3.88. The van der Waals surface area contributed by atoms with E-state index in [1.807, 2.05) is 0 Å². The number of thioether (sulfide) groups is 1. The van der Waals surface area contributed by atoms with E-state index in [0.717, 1.165) is 0 Å². The number of hydrogen-bond acceptors (Lipinski definition) is 4. The summed E-state index contributed by atoms with van der Waals surface area (Å²) < 4.78 is 5.09. The molecule has 1 aromatic heterocycles. The predicted octanol–water partition coefficient (Wildman–Crippen LogP) is 5.02. The molecule has 0 saturated heterocycles. The van der Waals surface area contributed by atoms with Crippen LogP contribution in [0.15, 0.2) is 11.0 Å². The molecule has 0 amide bonds. The molecule has 0 spiro atoms. The lowest BCUT2D eigenvalue weighted by Gasteiger charge is -2.14. The van der Waals surface area contributed by atoms with Crippen molar-refractivity contribution in [3.05, 3.63) is 50.8 Å². The molecular weight excluding hydrogens is 346 g/mol. The van der Waals surface area contributed by atoms with E-state index in [4.69, 9.17) is 4.74 Å². The van der Waals surface area contributed by atoms with Gasteiger partial charge in [0.15, 0.2) is 5.78 Å². The van der Waals surface area contributed by atoms with Crippen LogP contribution in [-0.4, -0.2) is 29.1 Å². The molecule has 0 saturated carbocycles. The van der Waals surface area contributed by atoms with Crippen LogP contribution in [0.25, 0.3) is 0 Å². The van der Waals surface area contributed by atoms with Gasteiger partial charge in [0.25, 0.3) is 0 Å². The number of rotatable bonds is 6. The van der Waals surface area contributed by atoms with E-state index >= 15 is 0 Å². The van der Waals surface area contributed by atoms with Crippen LogP contribution in [0.5, 0.6) is 0 Å². The van der Waals surface area contributed by atoms with E-state index in [9.17, 15) is 9.59 Å². The number of esters is 1. The standard InChI is InChI=1S/C21H27NO3S/c1-8-25-21(24)18-15(6)19(22-16(18)7)17(23)10-26-20-13(4)11(2)9-12(3)14(20)5/h9,22H,8,10H2,1-7H3. The molecule has 26 heavy (non-hydrogen) atoms. The Morgan fingerprint density at radius 2 is 1.58 bits per heavy atom. The molecule has 0 atom stereocenters. The molecule has 0 aliphatic carbocycles. The fraction of sp³-hybridized carbons (Fsp3) is 0.429. The Kier molecular flexibility index (Phi) is 6.34. The molecule has 0 aliphatic heterocycles. The summed E-state index contributed by atoms with van der Waals surface area (Å²) >= 11 is 1.56. The predicted molar refractivity (Wildman–Crippen MR) is 107 cm³/mol. The normalized spacial score (nSPS) is 10.9. The minimum Gasteiger partial charge on any atom is -0.462 e. The number of nitrogens with one attached hydrogen (secondary N) is 1. The average molecular weight is 374 g/mol. The number of ether oxygens (including phenoxy) is 1. The van der Waals surface area contributed by atoms with Crippen molar-refractivity contribution in [1.82, 2.24) is 4.98 Å². The number of aryl methyl sites for hydroxylation is 3. The number of benzene rings is 1. The summed E-state index contributed by atoms with van der Waals surface area (Å²) in [4.78, 5) is 29.1. The van der Waals surface area contributed by atoms with Crippen LogP contribution in [0.3, 0.4) is 0 Å². The van der Waals surface area contributed by atoms with Gasteiger partial charge in [0.2, 0.25) is 0 Å². The minimum atomic E-state index is -0.383. The molecule has 1 aromatic carbocycles. The van der Waals surface area contributed by atoms with Crippen LogP contribution in [0.4, 0.5) is 0 Å². The van der Waals surface area contributed by atoms with Gasteiger partial charge in [-0.05, 0) is 76.3 Å². The lowest BCUT2D eigenvalue weighted by Crippen LogP contribution is -2.08. The Morgan fingerprint density at radius 3 is 2.12 bits per heavy atom. The van der Waals surface area contributed by atoms with Crippen LogP contribution >= 0.6 is 11.8 Å². The Morgan fingerprint density at radius 1 is 1.00 bits per heavy atom. The first-order valence-electron chi connectivity index (χ1n) is 8.78. The number of carbonyl (C=O) groups excluding carboxylic acids is 2. The highest BCUT2D eigenvalue weighted by Crippen LogP contribution is 2.31. The van der Waals surface area contributed by atoms with Crippen LogP contribution in [0, 0.1) is 41.5 Å². The highest BCUT2D eigenvalue weighted by atomic mass is 32.2. The van der Waals surface area contributed by atoms with Gasteiger partial charge in [-0.2, -0.15) is 0 Å². The SMILES string of the molecule is CCOC(=O)c1c(C)[nH]c(C(=O)CSc2c(C)c(C)cc(C)c2C)c1C. The van der Waals surface area contributed by atoms with Crippen molar-refractivity contribution < 1.29 is 14.3 Å². The lowest BCUT2D eigenvalue weighted by atomic mass is 10.0. The molecule has 0 bridgehead atoms. The third-order valence-electron chi connectivity index (χ3n) is 4.84. The molecule has 0 fully saturated rings. The maximum atomic E-state index is 12.8. The van der Waals surface area contributed by atoms with Crippen molar-refractivity contribution in [2.24, 2.45) is 0 Å². The average Bonchev–Trinajstić information content (AvgIpc) is 2.87. The maximum absolute atomic E-state index is 12.8. The Labute approximate surface area is 159 Å². The van der Waals surface area contributed by atoms with E-state index in [1.165, 1.54) is 27.1 Å². The number of carbonyl (C=O) groups is 2. The van der Waals surface area contributed by atoms with Gasteiger partial charge in [0, 0.05) is 10.6 Å². The summed E-state index contributed by atoms with van der Waals surface area (Å²) in [5.74, 6) is -0.0660. The van der Waals surface area contributed by atoms with E-state index in [1.54, 1.807) is 32.5 Å². The fourth-order valence-corrected chi connectivity index (χ4v) is 4.32. The van der Waals surface area contributed by atoms with Crippen LogP contribution < -0.4 is 0 Å². The van der Waals surface area contributed by atoms with E-state index < -0.39 is 0 Å². The van der Waals surface area contributed by atoms with Gasteiger partial charge in [0.05, 0.1) is 23.6 Å². The zero-order valence-corrected chi connectivity index (χ0v) is 17.4. The first-order valence-corrected chi connectivity index (χ1v) is 9.77. The smallest absolute Gasteiger partial charge is 0.340 e. The number of aromatic nitrogens is 1. The monoisotopic (exact) mass is 373 g/mol. The van der Waals surface area contributed by atoms with E-state index in [-0.39, 0.29) is 11.8 Å². The van der Waals surface area contributed by atoms with Gasteiger partial charge >= 0.3 is 5.97 Å². The maximum Gasteiger partial charge on any atom is 0.340 e. The number of hydrogen-bond donors (Lipinski definition) is 1. The number of ketones is 1. The minimum absolute atomic E-state index is 0.0101. The molecule has 2 aromatic rings. The van der Waals surface area contributed by atoms with Crippen LogP contribution in [0.1, 0.15) is 61.3 Å². The number of Topliss-reactive ketones (excluding diaryl/α,β-unsaturated/α-hetero) is 1. The van der Waals surface area contributed by atoms with Gasteiger partial charge in [-0.3, -0.25) is 4.79 Å². The van der Waals surface area contributed by atoms with Crippen molar-refractivity contribution in [1.29, 1.82) is 0 Å². The second-order valence-corrected chi connectivity index (χ2v) is 7.63. The molecule has 2 rings (SSSR count). The van der Waals surface area contributed by atoms with Crippen molar-refractivity contribution in [2.75, 3.05) is 12.4 Å². The van der Waals surface area contributed by atoms with Crippen molar-refractivity contribution in [3.63, 3.8) is 0 Å². The molecule has 140 valence electrons. The van der Waals surface area contributed by atoms with Crippen LogP contribution in [0.2, 0.25) is 0 Å². The first-order chi connectivity index (χ1) is 12.2. The zero-order valence-electron chi connectivity index (χ0n) is 16.6. The summed E-state index contributed by atoms with van der Waals surface area (Å²) in [7, 11) is 0. The quantitative estimate of drug-likeness (QED) is 0.439. The summed E-state index contributed by atoms with van der Waals surface area (Å²) in [6.45, 7) is 14.0. The van der Waals surface area contributed by atoms with Gasteiger partial charge < -0.3 is 9.72 Å². The molecule has 0 unspecified atom stereocenters. The van der Waals surface area contributed by atoms with Gasteiger partial charge in [-0.1, -0.05) is 6.07 Å². The van der Waals surface area contributed by atoms with Crippen molar-refractivity contribution in [2.45, 2.75) is 53.4 Å². The van der Waals surface area contributed by atoms with E-state index in [0.29, 0.717) is 34.9 Å². The molecule has 5 heteroatoms. The molecular formula is C21H27NO3S. The fourth-order valence-electron chi connectivity index (χ4n) is 3.15. The Bertz CT molecular complexity index is 839. The van der Waals surface area contributed by atoms with Gasteiger partial charge in [-0.25, -0.2) is 4.79 Å². The first kappa shape index (κ1) is 20.3. The summed E-state index contributed by atoms with van der Waals surface area (Å²) in [6.07, 6.45) is 0. The zero-order chi connectivity index (χ0) is 19.6. The van der Waals surface area contributed by atoms with Crippen LogP contribution in [-0.2, 0) is 4.74 Å². The second kappa shape index (κ2) is 8.12. The largest absolute Gasteiger partial charge is 0.462 e. The topological polar surface area (TPSA) is 59.2 Å². The second-order valence-electron chi connectivity index (χ2n) is 6.65. The summed E-state index contributed by atoms with van der Waals surface area (Å²) in [5, 5.41) is 0. The molecule has 1 N–H and O–H groups in total. The summed E-state index contributed by atoms with van der Waals surface area (Å²) in [5.41, 5.74) is 7.22. The van der Waals surface area contributed by atoms with Crippen molar-refractivity contribution >= 4 is 23.5 Å². The molecule has 4 nitrogen and oxygen atoms in total. The third-order valence-corrected chi connectivity index (χ3v) is 6.15. The van der Waals surface area contributed by atoms with E-state index in [2.05, 4.69) is 38.7 Å². The molecule has 0 radical (unpaired) electrons. The Hall–Kier alpha value is -2.01. The molecule has 0 aliphatic rings. The Balaban J connectivity index is 2.25. The summed E-state index contributed by atoms with van der Waals surface area (Å²) in [6, 6.07) is 2.18. The number of aromatic amines is 1. The van der Waals surface area contributed by atoms with Gasteiger partial charge in [-0.15, -0.1) is 11.8 Å².